The average molecular weight is 388 g/mol. The van der Waals surface area contributed by atoms with E-state index in [4.69, 9.17) is 4.42 Å². The van der Waals surface area contributed by atoms with Crippen LogP contribution in [0.25, 0.3) is 10.8 Å². The van der Waals surface area contributed by atoms with Crippen molar-refractivity contribution >= 4 is 23.2 Å². The van der Waals surface area contributed by atoms with Gasteiger partial charge in [-0.05, 0) is 43.7 Å². The molecule has 0 saturated carbocycles. The molecule has 0 N–H and O–H groups in total. The molecule has 2 aromatic heterocycles. The van der Waals surface area contributed by atoms with Gasteiger partial charge in [0.05, 0.1) is 6.26 Å². The number of likely N-dealkylation sites (tertiary alicyclic amines) is 2. The molecule has 4 rings (SSSR count). The normalized spacial score (nSPS) is 21.4. The number of rotatable bonds is 3. The number of furan rings is 1. The minimum Gasteiger partial charge on any atom is -0.462 e. The first-order valence-corrected chi connectivity index (χ1v) is 10.6. The number of thiazole rings is 1. The maximum atomic E-state index is 12.8. The van der Waals surface area contributed by atoms with Crippen LogP contribution < -0.4 is 0 Å². The largest absolute Gasteiger partial charge is 0.462 e. The molecular weight excluding hydrogens is 362 g/mol. The van der Waals surface area contributed by atoms with Gasteiger partial charge in [-0.25, -0.2) is 4.98 Å². The van der Waals surface area contributed by atoms with Crippen LogP contribution in [-0.2, 0) is 4.79 Å². The Morgan fingerprint density at radius 2 is 2.00 bits per heavy atom. The predicted octanol–water partition coefficient (Wildman–Crippen LogP) is 3.51. The Labute approximate surface area is 163 Å². The van der Waals surface area contributed by atoms with E-state index in [1.54, 1.807) is 11.6 Å². The Bertz CT molecular complexity index is 793. The maximum absolute atomic E-state index is 12.8. The number of amides is 2. The number of aromatic nitrogens is 1. The van der Waals surface area contributed by atoms with Gasteiger partial charge in [-0.1, -0.05) is 6.92 Å². The second-order valence-electron chi connectivity index (χ2n) is 7.61. The second kappa shape index (κ2) is 7.84. The highest BCUT2D eigenvalue weighted by Crippen LogP contribution is 2.27. The number of carbonyl (C=O) groups is 2. The Morgan fingerprint density at radius 1 is 1.19 bits per heavy atom. The zero-order valence-electron chi connectivity index (χ0n) is 15.6. The van der Waals surface area contributed by atoms with Crippen molar-refractivity contribution in [3.05, 3.63) is 29.5 Å². The van der Waals surface area contributed by atoms with Gasteiger partial charge in [0, 0.05) is 37.5 Å². The first-order valence-electron chi connectivity index (χ1n) is 9.69. The van der Waals surface area contributed by atoms with E-state index in [1.165, 1.54) is 17.8 Å². The van der Waals surface area contributed by atoms with Crippen molar-refractivity contribution in [2.24, 2.45) is 11.8 Å². The molecule has 0 aromatic carbocycles. The molecule has 2 saturated heterocycles. The molecule has 6 nitrogen and oxygen atoms in total. The van der Waals surface area contributed by atoms with Crippen LogP contribution in [0.2, 0.25) is 0 Å². The summed E-state index contributed by atoms with van der Waals surface area (Å²) in [4.78, 5) is 33.8. The molecule has 2 aromatic rings. The number of hydrogen-bond donors (Lipinski definition) is 0. The van der Waals surface area contributed by atoms with Crippen LogP contribution in [0.5, 0.6) is 0 Å². The second-order valence-corrected chi connectivity index (χ2v) is 8.47. The topological polar surface area (TPSA) is 66.7 Å². The third kappa shape index (κ3) is 3.93. The highest BCUT2D eigenvalue weighted by molar-refractivity contribution is 7.13. The number of nitrogens with zero attached hydrogens (tertiary/aromatic N) is 3. The summed E-state index contributed by atoms with van der Waals surface area (Å²) < 4.78 is 5.34. The van der Waals surface area contributed by atoms with Crippen molar-refractivity contribution in [1.82, 2.24) is 14.8 Å². The molecule has 0 aliphatic carbocycles. The Kier molecular flexibility index (Phi) is 5.29. The lowest BCUT2D eigenvalue weighted by molar-refractivity contribution is -0.138. The summed E-state index contributed by atoms with van der Waals surface area (Å²) in [6.07, 6.45) is 5.40. The van der Waals surface area contributed by atoms with E-state index in [-0.39, 0.29) is 17.7 Å². The van der Waals surface area contributed by atoms with E-state index in [0.717, 1.165) is 32.4 Å². The number of hydrogen-bond acceptors (Lipinski definition) is 5. The van der Waals surface area contributed by atoms with E-state index in [9.17, 15) is 9.59 Å². The molecule has 1 unspecified atom stereocenters. The molecule has 4 heterocycles. The van der Waals surface area contributed by atoms with Crippen LogP contribution in [0.1, 0.15) is 43.1 Å². The van der Waals surface area contributed by atoms with Crippen molar-refractivity contribution < 1.29 is 14.0 Å². The van der Waals surface area contributed by atoms with Crippen molar-refractivity contribution in [3.63, 3.8) is 0 Å². The highest BCUT2D eigenvalue weighted by Gasteiger charge is 2.32. The fourth-order valence-electron chi connectivity index (χ4n) is 4.02. The van der Waals surface area contributed by atoms with Crippen molar-refractivity contribution in [1.29, 1.82) is 0 Å². The summed E-state index contributed by atoms with van der Waals surface area (Å²) in [5.74, 6) is 1.55. The summed E-state index contributed by atoms with van der Waals surface area (Å²) in [5, 5.41) is 2.50. The highest BCUT2D eigenvalue weighted by atomic mass is 32.1. The lowest BCUT2D eigenvalue weighted by Gasteiger charge is -2.37. The fourth-order valence-corrected chi connectivity index (χ4v) is 4.78. The molecule has 0 radical (unpaired) electrons. The predicted molar refractivity (Wildman–Crippen MR) is 103 cm³/mol. The van der Waals surface area contributed by atoms with E-state index < -0.39 is 0 Å². The molecule has 7 heteroatoms. The lowest BCUT2D eigenvalue weighted by Crippen LogP contribution is -2.47. The lowest BCUT2D eigenvalue weighted by atomic mass is 9.92. The minimum atomic E-state index is -0.0541. The Hall–Kier alpha value is -2.15. The zero-order valence-corrected chi connectivity index (χ0v) is 16.4. The van der Waals surface area contributed by atoms with Gasteiger partial charge in [0.15, 0.2) is 10.8 Å². The minimum absolute atomic E-state index is 0.0495. The smallest absolute Gasteiger partial charge is 0.273 e. The van der Waals surface area contributed by atoms with E-state index in [2.05, 4.69) is 11.9 Å². The average Bonchev–Trinajstić information content (AvgIpc) is 3.38. The van der Waals surface area contributed by atoms with Gasteiger partial charge in [0.2, 0.25) is 5.91 Å². The monoisotopic (exact) mass is 387 g/mol. The number of piperidine rings is 2. The van der Waals surface area contributed by atoms with Gasteiger partial charge in [-0.2, -0.15) is 0 Å². The van der Waals surface area contributed by atoms with Gasteiger partial charge in [0.1, 0.15) is 5.69 Å². The van der Waals surface area contributed by atoms with Gasteiger partial charge < -0.3 is 14.2 Å². The molecule has 144 valence electrons. The zero-order chi connectivity index (χ0) is 18.8. The summed E-state index contributed by atoms with van der Waals surface area (Å²) in [7, 11) is 0. The number of carbonyl (C=O) groups excluding carboxylic acids is 2. The molecule has 0 bridgehead atoms. The molecule has 2 aliphatic heterocycles. The summed E-state index contributed by atoms with van der Waals surface area (Å²) in [6, 6.07) is 3.65. The molecule has 0 spiro atoms. The third-order valence-electron chi connectivity index (χ3n) is 5.56. The van der Waals surface area contributed by atoms with Crippen LogP contribution in [0, 0.1) is 11.8 Å². The van der Waals surface area contributed by atoms with Gasteiger partial charge in [0.25, 0.3) is 5.91 Å². The first-order chi connectivity index (χ1) is 13.1. The van der Waals surface area contributed by atoms with Crippen molar-refractivity contribution in [3.8, 4) is 10.8 Å². The van der Waals surface area contributed by atoms with Crippen molar-refractivity contribution in [2.45, 2.75) is 32.6 Å². The maximum Gasteiger partial charge on any atom is 0.273 e. The fraction of sp³-hybridized carbons (Fsp3) is 0.550. The molecule has 1 atom stereocenters. The third-order valence-corrected chi connectivity index (χ3v) is 6.41. The van der Waals surface area contributed by atoms with Gasteiger partial charge >= 0.3 is 0 Å². The Balaban J connectivity index is 1.33. The summed E-state index contributed by atoms with van der Waals surface area (Å²) in [6.45, 7) is 5.22. The van der Waals surface area contributed by atoms with Gasteiger partial charge in [-0.15, -0.1) is 11.3 Å². The van der Waals surface area contributed by atoms with Crippen molar-refractivity contribution in [2.75, 3.05) is 26.2 Å². The van der Waals surface area contributed by atoms with E-state index in [1.807, 2.05) is 21.9 Å². The molecule has 2 amide bonds. The van der Waals surface area contributed by atoms with Crippen LogP contribution in [0.4, 0.5) is 0 Å². The summed E-state index contributed by atoms with van der Waals surface area (Å²) in [5.41, 5.74) is 0.459. The van der Waals surface area contributed by atoms with Gasteiger partial charge in [-0.3, -0.25) is 9.59 Å². The molecule has 27 heavy (non-hydrogen) atoms. The quantitative estimate of drug-likeness (QED) is 0.808. The van der Waals surface area contributed by atoms with Crippen LogP contribution in [0.15, 0.2) is 28.2 Å². The SMILES string of the molecule is CC1CCCN(C(=O)C2CCN(C(=O)c3csc(-c4ccco4)n3)CC2)C1. The Morgan fingerprint density at radius 3 is 2.70 bits per heavy atom. The van der Waals surface area contributed by atoms with Crippen LogP contribution in [0.3, 0.4) is 0 Å². The molecule has 2 aliphatic rings. The first kappa shape index (κ1) is 18.2. The molecule has 2 fully saturated rings. The summed E-state index contributed by atoms with van der Waals surface area (Å²) >= 11 is 1.41. The molecular formula is C20H25N3O3S. The van der Waals surface area contributed by atoms with E-state index in [0.29, 0.717) is 35.5 Å². The van der Waals surface area contributed by atoms with Crippen LogP contribution >= 0.6 is 11.3 Å². The standard InChI is InChI=1S/C20H25N3O3S/c1-14-4-2-8-23(12-14)19(24)15-6-9-22(10-7-15)20(25)16-13-27-18(21-16)17-5-3-11-26-17/h3,5,11,13-15H,2,4,6-10,12H2,1H3. The van der Waals surface area contributed by atoms with Crippen LogP contribution in [-0.4, -0.2) is 52.8 Å². The van der Waals surface area contributed by atoms with E-state index >= 15 is 0 Å².